The van der Waals surface area contributed by atoms with E-state index in [0.29, 0.717) is 33.1 Å². The second kappa shape index (κ2) is 4.72. The molecule has 0 saturated heterocycles. The van der Waals surface area contributed by atoms with E-state index in [9.17, 15) is 4.39 Å². The van der Waals surface area contributed by atoms with Crippen LogP contribution in [0.15, 0.2) is 36.4 Å². The van der Waals surface area contributed by atoms with Crippen LogP contribution in [0.25, 0.3) is 22.3 Å². The summed E-state index contributed by atoms with van der Waals surface area (Å²) in [6.07, 6.45) is 0. The zero-order valence-corrected chi connectivity index (χ0v) is 11.4. The average Bonchev–Trinajstić information content (AvgIpc) is 2.41. The van der Waals surface area contributed by atoms with E-state index in [1.165, 1.54) is 12.1 Å². The molecule has 5 heteroatoms. The number of halogens is 2. The summed E-state index contributed by atoms with van der Waals surface area (Å²) < 4.78 is 13.3. The standard InChI is InChI=1S/C15H11ClFN3/c1-8-3-2-4-11(13(8)16)15-19-12-7-9(17)5-6-10(12)14(18)20-15/h2-7H,1H3,(H2,18,19,20). The number of aromatic nitrogens is 2. The minimum absolute atomic E-state index is 0.308. The van der Waals surface area contributed by atoms with Gasteiger partial charge in [0.15, 0.2) is 5.82 Å². The van der Waals surface area contributed by atoms with Gasteiger partial charge in [-0.05, 0) is 30.7 Å². The van der Waals surface area contributed by atoms with E-state index in [-0.39, 0.29) is 5.82 Å². The number of rotatable bonds is 1. The molecule has 0 saturated carbocycles. The van der Waals surface area contributed by atoms with Crippen molar-refractivity contribution in [3.8, 4) is 11.4 Å². The second-order valence-electron chi connectivity index (χ2n) is 4.53. The number of fused-ring (bicyclic) bond motifs is 1. The Morgan fingerprint density at radius 2 is 1.95 bits per heavy atom. The van der Waals surface area contributed by atoms with E-state index in [4.69, 9.17) is 17.3 Å². The van der Waals surface area contributed by atoms with Gasteiger partial charge in [-0.1, -0.05) is 23.7 Å². The molecule has 0 aliphatic heterocycles. The Bertz CT molecular complexity index is 818. The second-order valence-corrected chi connectivity index (χ2v) is 4.91. The van der Waals surface area contributed by atoms with Crippen LogP contribution in [0.5, 0.6) is 0 Å². The Labute approximate surface area is 120 Å². The van der Waals surface area contributed by atoms with Gasteiger partial charge in [0, 0.05) is 17.0 Å². The summed E-state index contributed by atoms with van der Waals surface area (Å²) in [6.45, 7) is 1.90. The van der Waals surface area contributed by atoms with Crippen LogP contribution < -0.4 is 5.73 Å². The Hall–Kier alpha value is -2.20. The van der Waals surface area contributed by atoms with Crippen LogP contribution in [-0.4, -0.2) is 9.97 Å². The zero-order valence-electron chi connectivity index (χ0n) is 10.7. The third kappa shape index (κ3) is 2.08. The van der Waals surface area contributed by atoms with Crippen molar-refractivity contribution in [3.05, 3.63) is 52.8 Å². The third-order valence-corrected chi connectivity index (χ3v) is 3.62. The molecule has 100 valence electrons. The van der Waals surface area contributed by atoms with Crippen LogP contribution in [0.3, 0.4) is 0 Å². The van der Waals surface area contributed by atoms with Gasteiger partial charge >= 0.3 is 0 Å². The van der Waals surface area contributed by atoms with Gasteiger partial charge in [0.05, 0.1) is 10.5 Å². The first-order valence-electron chi connectivity index (χ1n) is 6.04. The molecule has 2 N–H and O–H groups in total. The first-order valence-corrected chi connectivity index (χ1v) is 6.42. The zero-order chi connectivity index (χ0) is 14.3. The van der Waals surface area contributed by atoms with Gasteiger partial charge in [0.25, 0.3) is 0 Å². The van der Waals surface area contributed by atoms with Gasteiger partial charge in [0.2, 0.25) is 0 Å². The number of hydrogen-bond acceptors (Lipinski definition) is 3. The molecule has 20 heavy (non-hydrogen) atoms. The number of benzene rings is 2. The number of anilines is 1. The number of nitrogen functional groups attached to an aromatic ring is 1. The highest BCUT2D eigenvalue weighted by molar-refractivity contribution is 6.34. The highest BCUT2D eigenvalue weighted by Gasteiger charge is 2.12. The summed E-state index contributed by atoms with van der Waals surface area (Å²) in [5, 5.41) is 1.20. The smallest absolute Gasteiger partial charge is 0.163 e. The van der Waals surface area contributed by atoms with Crippen molar-refractivity contribution in [2.45, 2.75) is 6.92 Å². The van der Waals surface area contributed by atoms with Crippen molar-refractivity contribution < 1.29 is 4.39 Å². The van der Waals surface area contributed by atoms with E-state index in [0.717, 1.165) is 5.56 Å². The lowest BCUT2D eigenvalue weighted by Crippen LogP contribution is -1.99. The minimum Gasteiger partial charge on any atom is -0.383 e. The molecule has 0 amide bonds. The van der Waals surface area contributed by atoms with Gasteiger partial charge in [0.1, 0.15) is 11.6 Å². The summed E-state index contributed by atoms with van der Waals surface area (Å²) in [7, 11) is 0. The van der Waals surface area contributed by atoms with Crippen LogP contribution >= 0.6 is 11.6 Å². The lowest BCUT2D eigenvalue weighted by atomic mass is 10.1. The number of aryl methyl sites for hydroxylation is 1. The molecule has 0 atom stereocenters. The molecule has 3 rings (SSSR count). The highest BCUT2D eigenvalue weighted by Crippen LogP contribution is 2.30. The fraction of sp³-hybridized carbons (Fsp3) is 0.0667. The molecule has 3 aromatic rings. The first kappa shape index (κ1) is 12.8. The van der Waals surface area contributed by atoms with Gasteiger partial charge in [-0.2, -0.15) is 0 Å². The quantitative estimate of drug-likeness (QED) is 0.736. The predicted molar refractivity (Wildman–Crippen MR) is 79.1 cm³/mol. The normalized spacial score (nSPS) is 10.9. The molecule has 0 aliphatic rings. The Balaban J connectivity index is 2.29. The highest BCUT2D eigenvalue weighted by atomic mass is 35.5. The summed E-state index contributed by atoms with van der Waals surface area (Å²) in [5.41, 5.74) is 7.99. The number of nitrogens with two attached hydrogens (primary N) is 1. The van der Waals surface area contributed by atoms with E-state index in [2.05, 4.69) is 9.97 Å². The van der Waals surface area contributed by atoms with Crippen LogP contribution in [0.2, 0.25) is 5.02 Å². The van der Waals surface area contributed by atoms with E-state index in [1.54, 1.807) is 6.07 Å². The van der Waals surface area contributed by atoms with Gasteiger partial charge in [-0.25, -0.2) is 14.4 Å². The lowest BCUT2D eigenvalue weighted by molar-refractivity contribution is 0.629. The summed E-state index contributed by atoms with van der Waals surface area (Å²) in [5.74, 6) is 0.341. The number of hydrogen-bond donors (Lipinski definition) is 1. The van der Waals surface area contributed by atoms with Crippen LogP contribution in [0, 0.1) is 12.7 Å². The molecular weight excluding hydrogens is 277 g/mol. The van der Waals surface area contributed by atoms with Gasteiger partial charge in [-0.15, -0.1) is 0 Å². The van der Waals surface area contributed by atoms with Crippen LogP contribution in [0.4, 0.5) is 10.2 Å². The van der Waals surface area contributed by atoms with Crippen molar-refractivity contribution in [1.29, 1.82) is 0 Å². The Kier molecular flexibility index (Phi) is 3.03. The molecule has 1 heterocycles. The molecule has 3 nitrogen and oxygen atoms in total. The van der Waals surface area contributed by atoms with Crippen molar-refractivity contribution >= 4 is 28.3 Å². The first-order chi connectivity index (χ1) is 9.56. The fourth-order valence-corrected chi connectivity index (χ4v) is 2.28. The predicted octanol–water partition coefficient (Wildman–Crippen LogP) is 3.98. The lowest BCUT2D eigenvalue weighted by Gasteiger charge is -2.08. The van der Waals surface area contributed by atoms with E-state index >= 15 is 0 Å². The van der Waals surface area contributed by atoms with Crippen molar-refractivity contribution in [1.82, 2.24) is 9.97 Å². The third-order valence-electron chi connectivity index (χ3n) is 3.12. The molecule has 0 fully saturated rings. The molecular formula is C15H11ClFN3. The largest absolute Gasteiger partial charge is 0.383 e. The number of nitrogens with zero attached hydrogens (tertiary/aromatic N) is 2. The fourth-order valence-electron chi connectivity index (χ4n) is 2.07. The SMILES string of the molecule is Cc1cccc(-c2nc(N)c3ccc(F)cc3n2)c1Cl. The molecule has 0 bridgehead atoms. The van der Waals surface area contributed by atoms with Crippen molar-refractivity contribution in [3.63, 3.8) is 0 Å². The van der Waals surface area contributed by atoms with E-state index < -0.39 is 0 Å². The maximum absolute atomic E-state index is 13.3. The molecule has 0 radical (unpaired) electrons. The summed E-state index contributed by atoms with van der Waals surface area (Å²) in [4.78, 5) is 8.62. The van der Waals surface area contributed by atoms with Crippen LogP contribution in [-0.2, 0) is 0 Å². The Morgan fingerprint density at radius 1 is 1.15 bits per heavy atom. The summed E-state index contributed by atoms with van der Waals surface area (Å²) in [6, 6.07) is 9.82. The molecule has 0 unspecified atom stereocenters. The monoisotopic (exact) mass is 287 g/mol. The van der Waals surface area contributed by atoms with Crippen molar-refractivity contribution in [2.75, 3.05) is 5.73 Å². The van der Waals surface area contributed by atoms with Gasteiger partial charge < -0.3 is 5.73 Å². The maximum Gasteiger partial charge on any atom is 0.163 e. The van der Waals surface area contributed by atoms with Gasteiger partial charge in [-0.3, -0.25) is 0 Å². The topological polar surface area (TPSA) is 51.8 Å². The van der Waals surface area contributed by atoms with Crippen LogP contribution in [0.1, 0.15) is 5.56 Å². The molecule has 0 spiro atoms. The maximum atomic E-state index is 13.3. The Morgan fingerprint density at radius 3 is 2.75 bits per heavy atom. The molecule has 2 aromatic carbocycles. The van der Waals surface area contributed by atoms with E-state index in [1.807, 2.05) is 25.1 Å². The molecule has 1 aromatic heterocycles. The minimum atomic E-state index is -0.364. The average molecular weight is 288 g/mol. The molecule has 0 aliphatic carbocycles. The summed E-state index contributed by atoms with van der Waals surface area (Å²) >= 11 is 6.27. The van der Waals surface area contributed by atoms with Crippen molar-refractivity contribution in [2.24, 2.45) is 0 Å².